The molecule has 0 spiro atoms. The number of amides is 3. The van der Waals surface area contributed by atoms with Crippen molar-refractivity contribution in [3.05, 3.63) is 46.2 Å². The van der Waals surface area contributed by atoms with Crippen LogP contribution < -0.4 is 15.5 Å². The van der Waals surface area contributed by atoms with Crippen molar-refractivity contribution in [1.82, 2.24) is 5.32 Å². The number of nitrogens with one attached hydrogen (secondary N) is 2. The molecule has 0 bridgehead atoms. The number of nitrogens with zero attached hydrogens (tertiary/aromatic N) is 1. The van der Waals surface area contributed by atoms with Crippen molar-refractivity contribution >= 4 is 40.4 Å². The molecule has 0 atom stereocenters. The van der Waals surface area contributed by atoms with Crippen LogP contribution in [0.15, 0.2) is 35.0 Å². The lowest BCUT2D eigenvalue weighted by molar-refractivity contribution is -0.136. The van der Waals surface area contributed by atoms with E-state index in [1.54, 1.807) is 23.1 Å². The smallest absolute Gasteiger partial charge is 0.313 e. The molecule has 2 heterocycles. The van der Waals surface area contributed by atoms with Crippen molar-refractivity contribution in [2.75, 3.05) is 16.8 Å². The Labute approximate surface area is 149 Å². The largest absolute Gasteiger partial charge is 0.344 e. The molecule has 1 aliphatic rings. The second-order valence-electron chi connectivity index (χ2n) is 5.92. The first-order valence-corrected chi connectivity index (χ1v) is 9.00. The average Bonchev–Trinajstić information content (AvgIpc) is 3.24. The minimum atomic E-state index is -0.709. The van der Waals surface area contributed by atoms with E-state index >= 15 is 0 Å². The third kappa shape index (κ3) is 4.06. The van der Waals surface area contributed by atoms with E-state index < -0.39 is 11.8 Å². The van der Waals surface area contributed by atoms with Crippen LogP contribution in [0.5, 0.6) is 0 Å². The number of hydrogen-bond donors (Lipinski definition) is 2. The standard InChI is InChI=1S/C18H19N3O3S/c1-12-9-14(4-5-15(12)21-7-2-3-16(21)22)20-18(24)17(23)19-10-13-6-8-25-11-13/h4-6,8-9,11H,2-3,7,10H2,1H3,(H,19,23)(H,20,24). The van der Waals surface area contributed by atoms with Gasteiger partial charge in [0.1, 0.15) is 0 Å². The monoisotopic (exact) mass is 357 g/mol. The molecule has 0 unspecified atom stereocenters. The molecule has 1 aromatic heterocycles. The molecular formula is C18H19N3O3S. The van der Waals surface area contributed by atoms with Crippen molar-refractivity contribution in [1.29, 1.82) is 0 Å². The maximum Gasteiger partial charge on any atom is 0.313 e. The molecule has 0 radical (unpaired) electrons. The zero-order valence-corrected chi connectivity index (χ0v) is 14.7. The average molecular weight is 357 g/mol. The summed E-state index contributed by atoms with van der Waals surface area (Å²) in [6.45, 7) is 2.92. The first kappa shape index (κ1) is 17.2. The fourth-order valence-electron chi connectivity index (χ4n) is 2.78. The molecule has 25 heavy (non-hydrogen) atoms. The highest BCUT2D eigenvalue weighted by atomic mass is 32.1. The molecule has 1 aromatic carbocycles. The summed E-state index contributed by atoms with van der Waals surface area (Å²) in [5.41, 5.74) is 3.22. The highest BCUT2D eigenvalue weighted by molar-refractivity contribution is 7.07. The van der Waals surface area contributed by atoms with Crippen LogP contribution in [0.1, 0.15) is 24.0 Å². The predicted molar refractivity (Wildman–Crippen MR) is 97.6 cm³/mol. The van der Waals surface area contributed by atoms with Crippen molar-refractivity contribution in [2.24, 2.45) is 0 Å². The van der Waals surface area contributed by atoms with Crippen molar-refractivity contribution in [3.63, 3.8) is 0 Å². The zero-order valence-electron chi connectivity index (χ0n) is 13.9. The third-order valence-corrected chi connectivity index (χ3v) is 4.79. The minimum absolute atomic E-state index is 0.118. The zero-order chi connectivity index (χ0) is 17.8. The van der Waals surface area contributed by atoms with E-state index in [1.165, 1.54) is 11.3 Å². The lowest BCUT2D eigenvalue weighted by Crippen LogP contribution is -2.34. The molecule has 7 heteroatoms. The fraction of sp³-hybridized carbons (Fsp3) is 0.278. The summed E-state index contributed by atoms with van der Waals surface area (Å²) in [6, 6.07) is 7.17. The molecule has 3 amide bonds. The Morgan fingerprint density at radius 1 is 1.24 bits per heavy atom. The number of rotatable bonds is 4. The van der Waals surface area contributed by atoms with Gasteiger partial charge in [0.25, 0.3) is 0 Å². The molecule has 1 aliphatic heterocycles. The van der Waals surface area contributed by atoms with Gasteiger partial charge in [-0.1, -0.05) is 0 Å². The van der Waals surface area contributed by atoms with Gasteiger partial charge in [0.15, 0.2) is 0 Å². The summed E-state index contributed by atoms with van der Waals surface area (Å²) in [7, 11) is 0. The highest BCUT2D eigenvalue weighted by Gasteiger charge is 2.23. The number of carbonyl (C=O) groups is 3. The molecule has 1 saturated heterocycles. The Bertz CT molecular complexity index is 802. The first-order valence-electron chi connectivity index (χ1n) is 8.06. The molecular weight excluding hydrogens is 338 g/mol. The number of carbonyl (C=O) groups excluding carboxylic acids is 3. The first-order chi connectivity index (χ1) is 12.0. The SMILES string of the molecule is Cc1cc(NC(=O)C(=O)NCc2ccsc2)ccc1N1CCCC1=O. The molecule has 0 aliphatic carbocycles. The highest BCUT2D eigenvalue weighted by Crippen LogP contribution is 2.27. The molecule has 6 nitrogen and oxygen atoms in total. The van der Waals surface area contributed by atoms with Crippen LogP contribution in [-0.2, 0) is 20.9 Å². The quantitative estimate of drug-likeness (QED) is 0.825. The van der Waals surface area contributed by atoms with Crippen LogP contribution >= 0.6 is 11.3 Å². The van der Waals surface area contributed by atoms with E-state index in [0.717, 1.165) is 29.8 Å². The Hall–Kier alpha value is -2.67. The van der Waals surface area contributed by atoms with Crippen LogP contribution in [-0.4, -0.2) is 24.3 Å². The van der Waals surface area contributed by atoms with Gasteiger partial charge in [-0.25, -0.2) is 0 Å². The van der Waals surface area contributed by atoms with Crippen LogP contribution in [0, 0.1) is 6.92 Å². The lowest BCUT2D eigenvalue weighted by atomic mass is 10.1. The van der Waals surface area contributed by atoms with Gasteiger partial charge in [0.2, 0.25) is 5.91 Å². The van der Waals surface area contributed by atoms with Crippen LogP contribution in [0.4, 0.5) is 11.4 Å². The van der Waals surface area contributed by atoms with E-state index in [2.05, 4.69) is 10.6 Å². The Morgan fingerprint density at radius 2 is 2.08 bits per heavy atom. The van der Waals surface area contributed by atoms with Gasteiger partial charge in [0.05, 0.1) is 0 Å². The lowest BCUT2D eigenvalue weighted by Gasteiger charge is -2.19. The summed E-state index contributed by atoms with van der Waals surface area (Å²) in [4.78, 5) is 37.5. The van der Waals surface area contributed by atoms with Gasteiger partial charge in [-0.15, -0.1) is 0 Å². The number of aryl methyl sites for hydroxylation is 1. The molecule has 130 valence electrons. The second kappa shape index (κ2) is 7.48. The number of anilines is 2. The summed E-state index contributed by atoms with van der Waals surface area (Å²) < 4.78 is 0. The van der Waals surface area contributed by atoms with E-state index in [9.17, 15) is 14.4 Å². The van der Waals surface area contributed by atoms with Gasteiger partial charge >= 0.3 is 11.8 Å². The van der Waals surface area contributed by atoms with Gasteiger partial charge in [-0.3, -0.25) is 14.4 Å². The van der Waals surface area contributed by atoms with Crippen LogP contribution in [0.25, 0.3) is 0 Å². The van der Waals surface area contributed by atoms with E-state index in [4.69, 9.17) is 0 Å². The molecule has 0 saturated carbocycles. The number of benzene rings is 1. The van der Waals surface area contributed by atoms with E-state index in [0.29, 0.717) is 18.7 Å². The molecule has 2 aromatic rings. The Kier molecular flexibility index (Phi) is 5.14. The van der Waals surface area contributed by atoms with Gasteiger partial charge in [-0.05, 0) is 59.5 Å². The summed E-state index contributed by atoms with van der Waals surface area (Å²) >= 11 is 1.54. The van der Waals surface area contributed by atoms with Gasteiger partial charge in [0, 0.05) is 30.9 Å². The summed E-state index contributed by atoms with van der Waals surface area (Å²) in [5.74, 6) is -1.27. The Balaban J connectivity index is 1.60. The number of thiophene rings is 1. The van der Waals surface area contributed by atoms with Crippen molar-refractivity contribution in [2.45, 2.75) is 26.3 Å². The summed E-state index contributed by atoms with van der Waals surface area (Å²) in [5, 5.41) is 9.00. The van der Waals surface area contributed by atoms with Crippen LogP contribution in [0.3, 0.4) is 0 Å². The maximum absolute atomic E-state index is 12.0. The maximum atomic E-state index is 12.0. The van der Waals surface area contributed by atoms with Crippen molar-refractivity contribution < 1.29 is 14.4 Å². The van der Waals surface area contributed by atoms with Gasteiger partial charge < -0.3 is 15.5 Å². The Morgan fingerprint density at radius 3 is 2.72 bits per heavy atom. The van der Waals surface area contributed by atoms with Crippen molar-refractivity contribution in [3.8, 4) is 0 Å². The molecule has 2 N–H and O–H groups in total. The van der Waals surface area contributed by atoms with E-state index in [-0.39, 0.29) is 5.91 Å². The molecule has 3 rings (SSSR count). The normalized spacial score (nSPS) is 13.8. The van der Waals surface area contributed by atoms with Crippen LogP contribution in [0.2, 0.25) is 0 Å². The fourth-order valence-corrected chi connectivity index (χ4v) is 3.45. The number of hydrogen-bond acceptors (Lipinski definition) is 4. The van der Waals surface area contributed by atoms with E-state index in [1.807, 2.05) is 23.8 Å². The minimum Gasteiger partial charge on any atom is -0.344 e. The van der Waals surface area contributed by atoms with Gasteiger partial charge in [-0.2, -0.15) is 11.3 Å². The summed E-state index contributed by atoms with van der Waals surface area (Å²) in [6.07, 6.45) is 1.43. The predicted octanol–water partition coefficient (Wildman–Crippen LogP) is 2.44. The molecule has 1 fully saturated rings. The third-order valence-electron chi connectivity index (χ3n) is 4.06. The topological polar surface area (TPSA) is 78.5 Å². The second-order valence-corrected chi connectivity index (χ2v) is 6.70.